The summed E-state index contributed by atoms with van der Waals surface area (Å²) in [4.78, 5) is 4.18. The Hall–Kier alpha value is -1.57. The fourth-order valence-electron chi connectivity index (χ4n) is 4.23. The molecule has 3 aliphatic rings. The van der Waals surface area contributed by atoms with E-state index in [1.807, 2.05) is 12.5 Å². The van der Waals surface area contributed by atoms with E-state index in [2.05, 4.69) is 34.0 Å². The minimum atomic E-state index is 0.682. The van der Waals surface area contributed by atoms with Crippen molar-refractivity contribution in [3.8, 4) is 0 Å². The van der Waals surface area contributed by atoms with Crippen LogP contribution < -0.4 is 0 Å². The van der Waals surface area contributed by atoms with Gasteiger partial charge in [-0.05, 0) is 55.6 Å². The highest BCUT2D eigenvalue weighted by Crippen LogP contribution is 2.44. The Morgan fingerprint density at radius 1 is 1.25 bits per heavy atom. The van der Waals surface area contributed by atoms with Gasteiger partial charge in [0.2, 0.25) is 0 Å². The number of imidazole rings is 1. The van der Waals surface area contributed by atoms with Crippen molar-refractivity contribution in [1.29, 1.82) is 0 Å². The zero-order valence-electron chi connectivity index (χ0n) is 12.0. The number of aromatic nitrogens is 2. The molecule has 2 atom stereocenters. The maximum atomic E-state index is 4.18. The summed E-state index contributed by atoms with van der Waals surface area (Å²) in [6.45, 7) is 1.13. The largest absolute Gasteiger partial charge is 0.337 e. The summed E-state index contributed by atoms with van der Waals surface area (Å²) in [6.07, 6.45) is 21.0. The molecule has 0 aromatic carbocycles. The summed E-state index contributed by atoms with van der Waals surface area (Å²) in [7, 11) is 0. The summed E-state index contributed by atoms with van der Waals surface area (Å²) in [6, 6.07) is 0. The third kappa shape index (κ3) is 2.17. The van der Waals surface area contributed by atoms with Crippen LogP contribution in [-0.2, 0) is 6.54 Å². The smallest absolute Gasteiger partial charge is 0.0945 e. The highest BCUT2D eigenvalue weighted by atomic mass is 15.0. The van der Waals surface area contributed by atoms with Crippen molar-refractivity contribution in [2.24, 2.45) is 11.8 Å². The van der Waals surface area contributed by atoms with Crippen molar-refractivity contribution >= 4 is 0 Å². The van der Waals surface area contributed by atoms with Crippen molar-refractivity contribution in [2.45, 2.75) is 45.1 Å². The Morgan fingerprint density at radius 3 is 3.15 bits per heavy atom. The molecule has 0 saturated heterocycles. The van der Waals surface area contributed by atoms with E-state index in [1.54, 1.807) is 16.7 Å². The zero-order chi connectivity index (χ0) is 13.4. The van der Waals surface area contributed by atoms with Gasteiger partial charge in [-0.1, -0.05) is 23.8 Å². The Balaban J connectivity index is 1.58. The van der Waals surface area contributed by atoms with Gasteiger partial charge >= 0.3 is 0 Å². The fourth-order valence-corrected chi connectivity index (χ4v) is 4.23. The predicted octanol–water partition coefficient (Wildman–Crippen LogP) is 4.28. The number of rotatable bonds is 2. The SMILES string of the molecule is C1=C[C@@H]2C[C@H](Cn3ccnc3)CCC3=C2C(=C1)CCC3. The quantitative estimate of drug-likeness (QED) is 0.781. The molecule has 104 valence electrons. The van der Waals surface area contributed by atoms with Gasteiger partial charge < -0.3 is 4.57 Å². The molecule has 2 nitrogen and oxygen atoms in total. The van der Waals surface area contributed by atoms with Crippen molar-refractivity contribution in [3.05, 3.63) is 53.7 Å². The molecule has 4 rings (SSSR count). The average Bonchev–Trinajstić information content (AvgIpc) is 2.91. The summed E-state index contributed by atoms with van der Waals surface area (Å²) >= 11 is 0. The third-order valence-corrected chi connectivity index (χ3v) is 5.13. The summed E-state index contributed by atoms with van der Waals surface area (Å²) in [5.74, 6) is 1.46. The molecule has 1 aromatic rings. The van der Waals surface area contributed by atoms with E-state index in [0.29, 0.717) is 5.92 Å². The van der Waals surface area contributed by atoms with Gasteiger partial charge in [-0.25, -0.2) is 4.98 Å². The lowest BCUT2D eigenvalue weighted by Gasteiger charge is -2.29. The molecule has 0 fully saturated rings. The summed E-state index contributed by atoms with van der Waals surface area (Å²) in [5, 5.41) is 0. The fraction of sp³-hybridized carbons (Fsp3) is 0.500. The molecule has 1 aromatic heterocycles. The molecular weight excluding hydrogens is 244 g/mol. The van der Waals surface area contributed by atoms with Crippen LogP contribution in [0.5, 0.6) is 0 Å². The van der Waals surface area contributed by atoms with Crippen LogP contribution in [0, 0.1) is 11.8 Å². The van der Waals surface area contributed by atoms with Crippen LogP contribution in [0.3, 0.4) is 0 Å². The molecule has 3 aliphatic carbocycles. The van der Waals surface area contributed by atoms with Gasteiger partial charge in [0.1, 0.15) is 0 Å². The van der Waals surface area contributed by atoms with E-state index in [9.17, 15) is 0 Å². The molecule has 1 heterocycles. The summed E-state index contributed by atoms with van der Waals surface area (Å²) < 4.78 is 2.25. The van der Waals surface area contributed by atoms with E-state index in [1.165, 1.54) is 38.5 Å². The van der Waals surface area contributed by atoms with Crippen LogP contribution in [0.2, 0.25) is 0 Å². The molecule has 0 bridgehead atoms. The lowest BCUT2D eigenvalue weighted by Crippen LogP contribution is -2.16. The Labute approximate surface area is 120 Å². The minimum absolute atomic E-state index is 0.682. The lowest BCUT2D eigenvalue weighted by atomic mass is 9.76. The predicted molar refractivity (Wildman–Crippen MR) is 81.2 cm³/mol. The molecule has 0 N–H and O–H groups in total. The molecule has 0 spiro atoms. The van der Waals surface area contributed by atoms with Crippen molar-refractivity contribution in [2.75, 3.05) is 0 Å². The molecule has 0 unspecified atom stereocenters. The third-order valence-electron chi connectivity index (χ3n) is 5.13. The van der Waals surface area contributed by atoms with Gasteiger partial charge in [-0.2, -0.15) is 0 Å². The van der Waals surface area contributed by atoms with Gasteiger partial charge in [0.25, 0.3) is 0 Å². The highest BCUT2D eigenvalue weighted by Gasteiger charge is 2.30. The molecule has 2 heteroatoms. The van der Waals surface area contributed by atoms with Crippen LogP contribution in [0.4, 0.5) is 0 Å². The number of nitrogens with zero attached hydrogens (tertiary/aromatic N) is 2. The molecule has 0 saturated carbocycles. The first kappa shape index (κ1) is 12.2. The first-order valence-electron chi connectivity index (χ1n) is 7.95. The molecule has 0 aliphatic heterocycles. The first-order valence-corrected chi connectivity index (χ1v) is 7.95. The molecular formula is C18H22N2. The lowest BCUT2D eigenvalue weighted by molar-refractivity contribution is 0.373. The van der Waals surface area contributed by atoms with Crippen LogP contribution in [0.1, 0.15) is 38.5 Å². The molecule has 0 radical (unpaired) electrons. The molecule has 20 heavy (non-hydrogen) atoms. The van der Waals surface area contributed by atoms with Gasteiger partial charge in [0.15, 0.2) is 0 Å². The zero-order valence-corrected chi connectivity index (χ0v) is 12.0. The van der Waals surface area contributed by atoms with Crippen LogP contribution in [-0.4, -0.2) is 9.55 Å². The van der Waals surface area contributed by atoms with Gasteiger partial charge in [-0.15, -0.1) is 0 Å². The second kappa shape index (κ2) is 5.08. The minimum Gasteiger partial charge on any atom is -0.337 e. The normalized spacial score (nSPS) is 28.9. The first-order chi connectivity index (χ1) is 9.90. The van der Waals surface area contributed by atoms with E-state index < -0.39 is 0 Å². The number of hydrogen-bond acceptors (Lipinski definition) is 1. The van der Waals surface area contributed by atoms with E-state index in [-0.39, 0.29) is 0 Å². The van der Waals surface area contributed by atoms with Gasteiger partial charge in [0, 0.05) is 24.9 Å². The highest BCUT2D eigenvalue weighted by molar-refractivity contribution is 5.47. The van der Waals surface area contributed by atoms with E-state index >= 15 is 0 Å². The summed E-state index contributed by atoms with van der Waals surface area (Å²) in [5.41, 5.74) is 5.14. The van der Waals surface area contributed by atoms with Crippen LogP contribution in [0.15, 0.2) is 53.7 Å². The maximum Gasteiger partial charge on any atom is 0.0945 e. The van der Waals surface area contributed by atoms with Crippen LogP contribution >= 0.6 is 0 Å². The topological polar surface area (TPSA) is 17.8 Å². The van der Waals surface area contributed by atoms with E-state index in [0.717, 1.165) is 12.5 Å². The van der Waals surface area contributed by atoms with Crippen molar-refractivity contribution in [3.63, 3.8) is 0 Å². The van der Waals surface area contributed by atoms with Crippen LogP contribution in [0.25, 0.3) is 0 Å². The standard InChI is InChI=1S/C18H22N2/c1-3-15-4-2-6-17-11-14(12-20-10-9-19-13-20)7-8-16(5-1)18(15)17/h2,4,6,9-10,13-14,17H,1,3,5,7-8,11-12H2/t14-,17-/m1/s1. The van der Waals surface area contributed by atoms with Gasteiger partial charge in [-0.3, -0.25) is 0 Å². The number of allylic oxidation sites excluding steroid dienone is 6. The second-order valence-electron chi connectivity index (χ2n) is 6.45. The average molecular weight is 266 g/mol. The Bertz CT molecular complexity index is 575. The second-order valence-corrected chi connectivity index (χ2v) is 6.45. The Kier molecular flexibility index (Phi) is 3.10. The van der Waals surface area contributed by atoms with Gasteiger partial charge in [0.05, 0.1) is 6.33 Å². The van der Waals surface area contributed by atoms with Crippen molar-refractivity contribution < 1.29 is 0 Å². The monoisotopic (exact) mass is 266 g/mol. The molecule has 0 amide bonds. The maximum absolute atomic E-state index is 4.18. The van der Waals surface area contributed by atoms with E-state index in [4.69, 9.17) is 0 Å². The number of hydrogen-bond donors (Lipinski definition) is 0. The van der Waals surface area contributed by atoms with Crippen molar-refractivity contribution in [1.82, 2.24) is 9.55 Å². The Morgan fingerprint density at radius 2 is 2.25 bits per heavy atom.